The minimum atomic E-state index is -0.959. The van der Waals surface area contributed by atoms with E-state index in [4.69, 9.17) is 5.73 Å². The number of nitrogens with two attached hydrogens (primary N) is 1. The Morgan fingerprint density at radius 1 is 1.21 bits per heavy atom. The summed E-state index contributed by atoms with van der Waals surface area (Å²) in [5.41, 5.74) is 9.15. The van der Waals surface area contributed by atoms with E-state index in [0.29, 0.717) is 23.0 Å². The molecule has 0 bridgehead atoms. The number of aromatic nitrogens is 5. The topological polar surface area (TPSA) is 103 Å². The van der Waals surface area contributed by atoms with E-state index in [2.05, 4.69) is 31.8 Å². The van der Waals surface area contributed by atoms with Crippen molar-refractivity contribution >= 4 is 16.7 Å². The van der Waals surface area contributed by atoms with E-state index in [1.165, 1.54) is 0 Å². The summed E-state index contributed by atoms with van der Waals surface area (Å²) in [5, 5.41) is 11.2. The number of nitrogens with zero attached hydrogens (tertiary/aromatic N) is 5. The van der Waals surface area contributed by atoms with Crippen molar-refractivity contribution in [3.05, 3.63) is 66.0 Å². The third-order valence-corrected chi connectivity index (χ3v) is 4.66. The van der Waals surface area contributed by atoms with Crippen LogP contribution in [0.2, 0.25) is 0 Å². The number of hydrogen-bond acceptors (Lipinski definition) is 6. The lowest BCUT2D eigenvalue weighted by Gasteiger charge is -2.07. The van der Waals surface area contributed by atoms with Gasteiger partial charge in [-0.1, -0.05) is 24.0 Å². The van der Waals surface area contributed by atoms with Crippen molar-refractivity contribution in [2.75, 3.05) is 5.73 Å². The van der Waals surface area contributed by atoms with Crippen molar-refractivity contribution in [2.24, 2.45) is 0 Å². The normalized spacial score (nSPS) is 11.8. The average Bonchev–Trinajstić information content (AvgIpc) is 3.24. The van der Waals surface area contributed by atoms with Crippen molar-refractivity contribution in [1.82, 2.24) is 24.5 Å². The predicted octanol–water partition coefficient (Wildman–Crippen LogP) is 2.88. The van der Waals surface area contributed by atoms with Gasteiger partial charge in [0.25, 0.3) is 0 Å². The fourth-order valence-corrected chi connectivity index (χ4v) is 3.09. The Hall–Kier alpha value is -3.76. The summed E-state index contributed by atoms with van der Waals surface area (Å²) in [5.74, 6) is 7.31. The Bertz CT molecular complexity index is 1250. The molecule has 0 unspecified atom stereocenters. The fourth-order valence-electron chi connectivity index (χ4n) is 3.09. The number of hydrogen-bond donors (Lipinski definition) is 2. The Morgan fingerprint density at radius 3 is 2.90 bits per heavy atom. The molecule has 0 saturated carbocycles. The highest BCUT2D eigenvalue weighted by molar-refractivity contribution is 5.90. The monoisotopic (exact) mass is 384 g/mol. The lowest BCUT2D eigenvalue weighted by atomic mass is 10.1. The Kier molecular flexibility index (Phi) is 4.94. The van der Waals surface area contributed by atoms with Gasteiger partial charge in [0.05, 0.1) is 0 Å². The maximum Gasteiger partial charge on any atom is 0.173 e. The van der Waals surface area contributed by atoms with Crippen LogP contribution in [-0.4, -0.2) is 29.6 Å². The number of anilines is 1. The first-order chi connectivity index (χ1) is 14.1. The molecule has 3 N–H and O–H groups in total. The van der Waals surface area contributed by atoms with Gasteiger partial charge in [-0.2, -0.15) is 0 Å². The smallest absolute Gasteiger partial charge is 0.173 e. The van der Waals surface area contributed by atoms with Gasteiger partial charge in [-0.05, 0) is 31.5 Å². The third kappa shape index (κ3) is 3.66. The molecule has 0 radical (unpaired) electrons. The summed E-state index contributed by atoms with van der Waals surface area (Å²) in [6.45, 7) is 4.66. The second-order valence-corrected chi connectivity index (χ2v) is 6.61. The van der Waals surface area contributed by atoms with Gasteiger partial charge in [-0.3, -0.25) is 0 Å². The number of aliphatic hydroxyl groups excluding tert-OH is 1. The number of aliphatic hydroxyl groups is 1. The number of pyridine rings is 1. The summed E-state index contributed by atoms with van der Waals surface area (Å²) in [6.07, 6.45) is 5.99. The molecule has 0 fully saturated rings. The number of rotatable bonds is 3. The van der Waals surface area contributed by atoms with Crippen LogP contribution < -0.4 is 5.73 Å². The van der Waals surface area contributed by atoms with E-state index in [1.807, 2.05) is 48.9 Å². The van der Waals surface area contributed by atoms with E-state index in [0.717, 1.165) is 28.6 Å². The van der Waals surface area contributed by atoms with Gasteiger partial charge in [0, 0.05) is 47.8 Å². The van der Waals surface area contributed by atoms with Crippen molar-refractivity contribution in [3.8, 4) is 23.2 Å². The quantitative estimate of drug-likeness (QED) is 0.527. The summed E-state index contributed by atoms with van der Waals surface area (Å²) in [7, 11) is 0. The van der Waals surface area contributed by atoms with Crippen LogP contribution in [-0.2, 0) is 6.54 Å². The predicted molar refractivity (Wildman–Crippen MR) is 112 cm³/mol. The van der Waals surface area contributed by atoms with Crippen molar-refractivity contribution in [1.29, 1.82) is 0 Å². The maximum absolute atomic E-state index is 10.3. The molecule has 4 rings (SSSR count). The zero-order valence-corrected chi connectivity index (χ0v) is 16.2. The lowest BCUT2D eigenvalue weighted by molar-refractivity contribution is 0.222. The largest absolute Gasteiger partial charge is 0.382 e. The highest BCUT2D eigenvalue weighted by Crippen LogP contribution is 2.23. The molecule has 3 heterocycles. The van der Waals surface area contributed by atoms with Gasteiger partial charge in [-0.25, -0.2) is 19.9 Å². The number of benzene rings is 1. The van der Waals surface area contributed by atoms with Crippen molar-refractivity contribution < 1.29 is 5.11 Å². The number of imidazole rings is 1. The molecule has 0 aliphatic rings. The molecule has 0 aliphatic carbocycles. The lowest BCUT2D eigenvalue weighted by Crippen LogP contribution is -2.05. The van der Waals surface area contributed by atoms with Crippen molar-refractivity contribution in [3.63, 3.8) is 0 Å². The highest BCUT2D eigenvalue weighted by atomic mass is 16.3. The second kappa shape index (κ2) is 7.70. The van der Waals surface area contributed by atoms with E-state index >= 15 is 0 Å². The van der Waals surface area contributed by atoms with Gasteiger partial charge in [-0.15, -0.1) is 0 Å². The van der Waals surface area contributed by atoms with E-state index < -0.39 is 6.10 Å². The molecule has 29 heavy (non-hydrogen) atoms. The summed E-state index contributed by atoms with van der Waals surface area (Å²) in [6, 6.07) is 7.54. The molecule has 7 heteroatoms. The zero-order valence-electron chi connectivity index (χ0n) is 16.2. The number of nitrogen functional groups attached to an aromatic ring is 1. The van der Waals surface area contributed by atoms with E-state index in [9.17, 15) is 5.11 Å². The van der Waals surface area contributed by atoms with Crippen LogP contribution in [0.1, 0.15) is 30.0 Å². The Labute approximate surface area is 168 Å². The van der Waals surface area contributed by atoms with Gasteiger partial charge in [0.1, 0.15) is 17.2 Å². The molecule has 3 aromatic heterocycles. The molecule has 7 nitrogen and oxygen atoms in total. The molecular weight excluding hydrogens is 364 g/mol. The summed E-state index contributed by atoms with van der Waals surface area (Å²) >= 11 is 0. The van der Waals surface area contributed by atoms with Crippen LogP contribution in [0.15, 0.2) is 49.1 Å². The van der Waals surface area contributed by atoms with Crippen LogP contribution in [0, 0.1) is 18.8 Å². The SMILES string of the molecule is CCn1ccnc1[C@H](O)C#Cc1cccc(-c2ncc3c(C)cnc(N)c3n2)c1. The van der Waals surface area contributed by atoms with Crippen LogP contribution >= 0.6 is 0 Å². The maximum atomic E-state index is 10.3. The Balaban J connectivity index is 1.67. The fraction of sp³-hybridized carbons (Fsp3) is 0.182. The molecule has 0 saturated heterocycles. The van der Waals surface area contributed by atoms with Gasteiger partial charge in [0.2, 0.25) is 0 Å². The average molecular weight is 384 g/mol. The number of aryl methyl sites for hydroxylation is 2. The molecule has 1 aromatic carbocycles. The first kappa shape index (κ1) is 18.6. The molecule has 0 aliphatic heterocycles. The second-order valence-electron chi connectivity index (χ2n) is 6.61. The number of fused-ring (bicyclic) bond motifs is 1. The van der Waals surface area contributed by atoms with Crippen LogP contribution in [0.4, 0.5) is 5.82 Å². The van der Waals surface area contributed by atoms with E-state index in [1.54, 1.807) is 18.6 Å². The van der Waals surface area contributed by atoms with Crippen LogP contribution in [0.25, 0.3) is 22.3 Å². The summed E-state index contributed by atoms with van der Waals surface area (Å²) < 4.78 is 1.86. The minimum Gasteiger partial charge on any atom is -0.382 e. The van der Waals surface area contributed by atoms with Crippen molar-refractivity contribution in [2.45, 2.75) is 26.5 Å². The molecule has 0 amide bonds. The first-order valence-electron chi connectivity index (χ1n) is 9.25. The molecule has 0 spiro atoms. The third-order valence-electron chi connectivity index (χ3n) is 4.66. The molecule has 1 atom stereocenters. The highest BCUT2D eigenvalue weighted by Gasteiger charge is 2.11. The van der Waals surface area contributed by atoms with Crippen LogP contribution in [0.5, 0.6) is 0 Å². The first-order valence-corrected chi connectivity index (χ1v) is 9.25. The molecule has 144 valence electrons. The molecular formula is C22H20N6O. The van der Waals surface area contributed by atoms with Gasteiger partial charge in [0.15, 0.2) is 11.9 Å². The minimum absolute atomic E-state index is 0.375. The summed E-state index contributed by atoms with van der Waals surface area (Å²) in [4.78, 5) is 17.4. The Morgan fingerprint density at radius 2 is 2.07 bits per heavy atom. The molecule has 4 aromatic rings. The van der Waals surface area contributed by atoms with Crippen LogP contribution in [0.3, 0.4) is 0 Å². The standard InChI is InChI=1S/C22H20N6O/c1-3-28-10-9-24-22(28)18(29)8-7-15-5-4-6-16(11-15)21-26-13-17-14(2)12-25-20(23)19(17)27-21/h4-6,9-13,18,29H,3H2,1-2H3,(H2,23,25)/t18-/m1/s1. The van der Waals surface area contributed by atoms with Gasteiger partial charge < -0.3 is 15.4 Å². The van der Waals surface area contributed by atoms with Gasteiger partial charge >= 0.3 is 0 Å². The van der Waals surface area contributed by atoms with E-state index in [-0.39, 0.29) is 0 Å². The zero-order chi connectivity index (χ0) is 20.4.